The first-order chi connectivity index (χ1) is 7.44. The van der Waals surface area contributed by atoms with Gasteiger partial charge in [-0.05, 0) is 31.4 Å². The molecule has 0 aliphatic heterocycles. The molecule has 3 heteroatoms. The Morgan fingerprint density at radius 3 is 2.62 bits per heavy atom. The summed E-state index contributed by atoms with van der Waals surface area (Å²) in [6.07, 6.45) is 1.60. The van der Waals surface area contributed by atoms with E-state index in [0.717, 1.165) is 6.42 Å². The van der Waals surface area contributed by atoms with Gasteiger partial charge in [0.2, 0.25) is 0 Å². The third-order valence-corrected chi connectivity index (χ3v) is 2.76. The molecule has 2 unspecified atom stereocenters. The first kappa shape index (κ1) is 13.1. The van der Waals surface area contributed by atoms with Crippen LogP contribution in [0.3, 0.4) is 0 Å². The van der Waals surface area contributed by atoms with Crippen molar-refractivity contribution >= 4 is 0 Å². The number of hydrogen-bond donors (Lipinski definition) is 2. The van der Waals surface area contributed by atoms with Crippen LogP contribution in [0.4, 0.5) is 4.39 Å². The van der Waals surface area contributed by atoms with Gasteiger partial charge in [-0.3, -0.25) is 0 Å². The first-order valence-corrected chi connectivity index (χ1v) is 5.66. The quantitative estimate of drug-likeness (QED) is 0.807. The summed E-state index contributed by atoms with van der Waals surface area (Å²) in [5, 5.41) is 10.1. The molecular weight excluding hydrogens is 205 g/mol. The zero-order valence-corrected chi connectivity index (χ0v) is 9.91. The normalized spacial score (nSPS) is 16.8. The topological polar surface area (TPSA) is 46.2 Å². The van der Waals surface area contributed by atoms with E-state index in [0.29, 0.717) is 18.4 Å². The summed E-state index contributed by atoms with van der Waals surface area (Å²) < 4.78 is 13.4. The van der Waals surface area contributed by atoms with Crippen molar-refractivity contribution in [3.05, 3.63) is 35.6 Å². The van der Waals surface area contributed by atoms with Crippen molar-refractivity contribution in [2.75, 3.05) is 0 Å². The fourth-order valence-corrected chi connectivity index (χ4v) is 1.83. The highest BCUT2D eigenvalue weighted by Crippen LogP contribution is 2.20. The lowest BCUT2D eigenvalue weighted by molar-refractivity contribution is 0.0432. The second kappa shape index (κ2) is 5.41. The van der Waals surface area contributed by atoms with E-state index < -0.39 is 5.60 Å². The molecule has 1 aromatic rings. The van der Waals surface area contributed by atoms with Gasteiger partial charge >= 0.3 is 0 Å². The van der Waals surface area contributed by atoms with E-state index in [4.69, 9.17) is 5.73 Å². The van der Waals surface area contributed by atoms with E-state index in [-0.39, 0.29) is 11.9 Å². The predicted molar refractivity (Wildman–Crippen MR) is 63.6 cm³/mol. The van der Waals surface area contributed by atoms with Gasteiger partial charge in [-0.25, -0.2) is 4.39 Å². The summed E-state index contributed by atoms with van der Waals surface area (Å²) in [4.78, 5) is 0. The van der Waals surface area contributed by atoms with Crippen LogP contribution in [0.1, 0.15) is 32.3 Å². The summed E-state index contributed by atoms with van der Waals surface area (Å²) in [6, 6.07) is 6.48. The van der Waals surface area contributed by atoms with Crippen LogP contribution < -0.4 is 5.73 Å². The van der Waals surface area contributed by atoms with E-state index in [1.807, 2.05) is 6.92 Å². The minimum Gasteiger partial charge on any atom is -0.390 e. The molecule has 1 aromatic carbocycles. The molecule has 90 valence electrons. The van der Waals surface area contributed by atoms with Crippen molar-refractivity contribution in [3.8, 4) is 0 Å². The van der Waals surface area contributed by atoms with E-state index in [9.17, 15) is 9.50 Å². The summed E-state index contributed by atoms with van der Waals surface area (Å²) in [6.45, 7) is 3.68. The summed E-state index contributed by atoms with van der Waals surface area (Å²) in [7, 11) is 0. The molecule has 0 heterocycles. The van der Waals surface area contributed by atoms with Crippen LogP contribution in [0.15, 0.2) is 24.3 Å². The van der Waals surface area contributed by atoms with Gasteiger partial charge in [-0.1, -0.05) is 25.1 Å². The number of hydrogen-bond acceptors (Lipinski definition) is 2. The maximum atomic E-state index is 13.4. The fourth-order valence-electron chi connectivity index (χ4n) is 1.83. The van der Waals surface area contributed by atoms with Gasteiger partial charge in [0.1, 0.15) is 5.82 Å². The average Bonchev–Trinajstić information content (AvgIpc) is 2.20. The Hall–Kier alpha value is -0.930. The van der Waals surface area contributed by atoms with Crippen molar-refractivity contribution in [2.24, 2.45) is 5.73 Å². The summed E-state index contributed by atoms with van der Waals surface area (Å²) >= 11 is 0. The second-order valence-corrected chi connectivity index (χ2v) is 4.64. The van der Waals surface area contributed by atoms with E-state index >= 15 is 0 Å². The Morgan fingerprint density at radius 2 is 2.06 bits per heavy atom. The lowest BCUT2D eigenvalue weighted by atomic mass is 9.89. The minimum absolute atomic E-state index is 0.0400. The average molecular weight is 225 g/mol. The lowest BCUT2D eigenvalue weighted by Crippen LogP contribution is -2.36. The molecule has 0 aromatic heterocycles. The third-order valence-electron chi connectivity index (χ3n) is 2.76. The molecule has 1 rings (SSSR count). The first-order valence-electron chi connectivity index (χ1n) is 5.66. The summed E-state index contributed by atoms with van der Waals surface area (Å²) in [5.74, 6) is -0.271. The number of rotatable bonds is 5. The maximum Gasteiger partial charge on any atom is 0.126 e. The summed E-state index contributed by atoms with van der Waals surface area (Å²) in [5.41, 5.74) is 5.39. The van der Waals surface area contributed by atoms with Crippen molar-refractivity contribution in [3.63, 3.8) is 0 Å². The van der Waals surface area contributed by atoms with E-state index in [1.165, 1.54) is 6.07 Å². The number of benzene rings is 1. The van der Waals surface area contributed by atoms with Crippen molar-refractivity contribution in [1.29, 1.82) is 0 Å². The van der Waals surface area contributed by atoms with Crippen LogP contribution in [-0.2, 0) is 6.42 Å². The second-order valence-electron chi connectivity index (χ2n) is 4.64. The SMILES string of the molecule is CCC(N)CC(C)(O)Cc1ccccc1F. The number of halogens is 1. The fraction of sp³-hybridized carbons (Fsp3) is 0.538. The van der Waals surface area contributed by atoms with Crippen LogP contribution in [0, 0.1) is 5.82 Å². The van der Waals surface area contributed by atoms with Gasteiger partial charge in [0.25, 0.3) is 0 Å². The molecule has 0 saturated carbocycles. The molecule has 2 nitrogen and oxygen atoms in total. The monoisotopic (exact) mass is 225 g/mol. The van der Waals surface area contributed by atoms with Crippen LogP contribution in [0.25, 0.3) is 0 Å². The Balaban J connectivity index is 2.69. The molecule has 0 spiro atoms. The molecule has 0 radical (unpaired) electrons. The Bertz CT molecular complexity index is 338. The van der Waals surface area contributed by atoms with Crippen LogP contribution in [0.5, 0.6) is 0 Å². The molecule has 0 amide bonds. The Labute approximate surface area is 96.3 Å². The maximum absolute atomic E-state index is 13.4. The van der Waals surface area contributed by atoms with Gasteiger partial charge < -0.3 is 10.8 Å². The zero-order valence-electron chi connectivity index (χ0n) is 9.91. The van der Waals surface area contributed by atoms with E-state index in [1.54, 1.807) is 25.1 Å². The van der Waals surface area contributed by atoms with Crippen molar-refractivity contribution in [2.45, 2.75) is 44.8 Å². The van der Waals surface area contributed by atoms with Gasteiger partial charge in [0.15, 0.2) is 0 Å². The van der Waals surface area contributed by atoms with Crippen molar-refractivity contribution < 1.29 is 9.50 Å². The third kappa shape index (κ3) is 3.91. The molecule has 0 aliphatic rings. The van der Waals surface area contributed by atoms with Crippen LogP contribution in [0.2, 0.25) is 0 Å². The highest BCUT2D eigenvalue weighted by Gasteiger charge is 2.24. The standard InChI is InChI=1S/C13H20FNO/c1-3-11(15)9-13(2,16)8-10-6-4-5-7-12(10)14/h4-7,11,16H,3,8-9,15H2,1-2H3. The van der Waals surface area contributed by atoms with Crippen LogP contribution >= 0.6 is 0 Å². The molecule has 3 N–H and O–H groups in total. The molecule has 0 bridgehead atoms. The highest BCUT2D eigenvalue weighted by molar-refractivity contribution is 5.19. The molecule has 0 fully saturated rings. The molecule has 0 aliphatic carbocycles. The Morgan fingerprint density at radius 1 is 1.44 bits per heavy atom. The zero-order chi connectivity index (χ0) is 12.2. The molecule has 0 saturated heterocycles. The van der Waals surface area contributed by atoms with Crippen LogP contribution in [-0.4, -0.2) is 16.7 Å². The van der Waals surface area contributed by atoms with E-state index in [2.05, 4.69) is 0 Å². The van der Waals surface area contributed by atoms with Gasteiger partial charge in [-0.15, -0.1) is 0 Å². The Kier molecular flexibility index (Phi) is 4.44. The number of nitrogens with two attached hydrogens (primary N) is 1. The predicted octanol–water partition coefficient (Wildman–Crippen LogP) is 2.25. The number of aliphatic hydroxyl groups is 1. The minimum atomic E-state index is -0.947. The van der Waals surface area contributed by atoms with Gasteiger partial charge in [-0.2, -0.15) is 0 Å². The van der Waals surface area contributed by atoms with Crippen molar-refractivity contribution in [1.82, 2.24) is 0 Å². The smallest absolute Gasteiger partial charge is 0.126 e. The lowest BCUT2D eigenvalue weighted by Gasteiger charge is -2.26. The molecular formula is C13H20FNO. The molecule has 2 atom stereocenters. The largest absolute Gasteiger partial charge is 0.390 e. The van der Waals surface area contributed by atoms with Gasteiger partial charge in [0.05, 0.1) is 5.60 Å². The molecule has 16 heavy (non-hydrogen) atoms. The highest BCUT2D eigenvalue weighted by atomic mass is 19.1. The van der Waals surface area contributed by atoms with Gasteiger partial charge in [0, 0.05) is 12.5 Å².